The van der Waals surface area contributed by atoms with Gasteiger partial charge >= 0.3 is 0 Å². The SMILES string of the molecule is Oc1c(Cl)cc(Cl)cc1C=Nc1ccc2oc(-c3cccc4c(Cl)cccc34)nc2c1. The van der Waals surface area contributed by atoms with E-state index in [4.69, 9.17) is 39.2 Å². The zero-order valence-corrected chi connectivity index (χ0v) is 18.1. The smallest absolute Gasteiger partial charge is 0.227 e. The lowest BCUT2D eigenvalue weighted by atomic mass is 10.0. The van der Waals surface area contributed by atoms with Gasteiger partial charge in [0.2, 0.25) is 5.89 Å². The molecular formula is C24H13Cl3N2O2. The molecule has 5 rings (SSSR count). The highest BCUT2D eigenvalue weighted by Crippen LogP contribution is 2.34. The summed E-state index contributed by atoms with van der Waals surface area (Å²) in [7, 11) is 0. The molecule has 1 N–H and O–H groups in total. The van der Waals surface area contributed by atoms with Gasteiger partial charge in [0.05, 0.1) is 10.7 Å². The van der Waals surface area contributed by atoms with Gasteiger partial charge in [0.25, 0.3) is 0 Å². The fourth-order valence-corrected chi connectivity index (χ4v) is 4.14. The summed E-state index contributed by atoms with van der Waals surface area (Å²) < 4.78 is 5.99. The maximum absolute atomic E-state index is 10.1. The van der Waals surface area contributed by atoms with Crippen molar-refractivity contribution in [2.75, 3.05) is 0 Å². The zero-order chi connectivity index (χ0) is 21.5. The molecule has 0 unspecified atom stereocenters. The Morgan fingerprint density at radius 1 is 0.871 bits per heavy atom. The monoisotopic (exact) mass is 466 g/mol. The molecule has 4 nitrogen and oxygen atoms in total. The number of nitrogens with zero attached hydrogens (tertiary/aromatic N) is 2. The van der Waals surface area contributed by atoms with Crippen LogP contribution in [0, 0.1) is 0 Å². The maximum atomic E-state index is 10.1. The van der Waals surface area contributed by atoms with Gasteiger partial charge in [-0.25, -0.2) is 4.98 Å². The van der Waals surface area contributed by atoms with E-state index in [0.29, 0.717) is 38.3 Å². The highest BCUT2D eigenvalue weighted by atomic mass is 35.5. The number of hydrogen-bond donors (Lipinski definition) is 1. The molecule has 31 heavy (non-hydrogen) atoms. The van der Waals surface area contributed by atoms with Crippen molar-refractivity contribution in [3.8, 4) is 17.2 Å². The molecule has 0 aliphatic carbocycles. The molecule has 7 heteroatoms. The fourth-order valence-electron chi connectivity index (χ4n) is 3.40. The molecule has 4 aromatic carbocycles. The molecule has 0 radical (unpaired) electrons. The van der Waals surface area contributed by atoms with Gasteiger partial charge in [0.15, 0.2) is 5.58 Å². The number of aromatic nitrogens is 1. The summed E-state index contributed by atoms with van der Waals surface area (Å²) in [5.41, 5.74) is 3.23. The first-order valence-corrected chi connectivity index (χ1v) is 10.4. The van der Waals surface area contributed by atoms with Crippen LogP contribution in [0.25, 0.3) is 33.3 Å². The van der Waals surface area contributed by atoms with Crippen molar-refractivity contribution in [2.24, 2.45) is 4.99 Å². The molecule has 0 fully saturated rings. The second-order valence-corrected chi connectivity index (χ2v) is 8.15. The fraction of sp³-hybridized carbons (Fsp3) is 0. The first kappa shape index (κ1) is 19.9. The number of aromatic hydroxyl groups is 1. The largest absolute Gasteiger partial charge is 0.506 e. The van der Waals surface area contributed by atoms with Crippen LogP contribution in [0.1, 0.15) is 5.56 Å². The number of phenols is 1. The third kappa shape index (κ3) is 3.74. The molecule has 0 atom stereocenters. The van der Waals surface area contributed by atoms with Crippen LogP contribution in [0.5, 0.6) is 5.75 Å². The summed E-state index contributed by atoms with van der Waals surface area (Å²) in [6, 6.07) is 20.1. The Morgan fingerprint density at radius 3 is 2.55 bits per heavy atom. The Kier molecular flexibility index (Phi) is 5.06. The number of rotatable bonds is 3. The lowest BCUT2D eigenvalue weighted by Crippen LogP contribution is -1.84. The first-order chi connectivity index (χ1) is 15.0. The van der Waals surface area contributed by atoms with Crippen molar-refractivity contribution in [1.82, 2.24) is 4.98 Å². The van der Waals surface area contributed by atoms with Crippen molar-refractivity contribution in [3.05, 3.63) is 87.4 Å². The molecule has 0 spiro atoms. The van der Waals surface area contributed by atoms with Crippen LogP contribution in [0.2, 0.25) is 15.1 Å². The van der Waals surface area contributed by atoms with Crippen LogP contribution in [-0.4, -0.2) is 16.3 Å². The Balaban J connectivity index is 1.54. The van der Waals surface area contributed by atoms with E-state index in [1.807, 2.05) is 36.4 Å². The van der Waals surface area contributed by atoms with E-state index in [0.717, 1.165) is 16.3 Å². The minimum absolute atomic E-state index is 0.0748. The Morgan fingerprint density at radius 2 is 1.68 bits per heavy atom. The lowest BCUT2D eigenvalue weighted by Gasteiger charge is -2.04. The van der Waals surface area contributed by atoms with E-state index in [2.05, 4.69) is 9.98 Å². The number of aliphatic imine (C=N–C) groups is 1. The normalized spacial score (nSPS) is 11.7. The standard InChI is InChI=1S/C24H13Cl3N2O2/c25-14-9-13(23(30)20(27)10-14)12-28-15-7-8-22-21(11-15)29-24(31-22)18-5-1-4-17-16(18)3-2-6-19(17)26/h1-12,30H. The van der Waals surface area contributed by atoms with Crippen molar-refractivity contribution >= 4 is 68.6 Å². The average Bonchev–Trinajstić information content (AvgIpc) is 3.18. The number of fused-ring (bicyclic) bond motifs is 2. The predicted molar refractivity (Wildman–Crippen MR) is 127 cm³/mol. The summed E-state index contributed by atoms with van der Waals surface area (Å²) in [6.45, 7) is 0. The number of hydrogen-bond acceptors (Lipinski definition) is 4. The molecule has 0 bridgehead atoms. The van der Waals surface area contributed by atoms with Crippen LogP contribution in [0.15, 0.2) is 76.1 Å². The third-order valence-electron chi connectivity index (χ3n) is 4.88. The van der Waals surface area contributed by atoms with Gasteiger partial charge in [-0.2, -0.15) is 0 Å². The molecule has 0 amide bonds. The van der Waals surface area contributed by atoms with Crippen LogP contribution < -0.4 is 0 Å². The van der Waals surface area contributed by atoms with Gasteiger partial charge in [-0.1, -0.05) is 59.1 Å². The van der Waals surface area contributed by atoms with Gasteiger partial charge in [-0.15, -0.1) is 0 Å². The van der Waals surface area contributed by atoms with E-state index in [1.54, 1.807) is 24.3 Å². The Labute approximate surface area is 192 Å². The van der Waals surface area contributed by atoms with Crippen LogP contribution in [0.4, 0.5) is 5.69 Å². The van der Waals surface area contributed by atoms with E-state index in [-0.39, 0.29) is 10.8 Å². The van der Waals surface area contributed by atoms with Gasteiger partial charge in [0.1, 0.15) is 11.3 Å². The summed E-state index contributed by atoms with van der Waals surface area (Å²) >= 11 is 18.3. The quantitative estimate of drug-likeness (QED) is 0.273. The minimum Gasteiger partial charge on any atom is -0.506 e. The van der Waals surface area contributed by atoms with E-state index < -0.39 is 0 Å². The topological polar surface area (TPSA) is 58.6 Å². The first-order valence-electron chi connectivity index (χ1n) is 9.30. The van der Waals surface area contributed by atoms with E-state index in [1.165, 1.54) is 12.3 Å². The molecule has 0 aliphatic rings. The van der Waals surface area contributed by atoms with Gasteiger partial charge < -0.3 is 9.52 Å². The van der Waals surface area contributed by atoms with Crippen molar-refractivity contribution in [3.63, 3.8) is 0 Å². The number of phenolic OH excluding ortho intramolecular Hbond substituents is 1. The molecule has 5 aromatic rings. The third-order valence-corrected chi connectivity index (χ3v) is 5.72. The second-order valence-electron chi connectivity index (χ2n) is 6.90. The Hall–Kier alpha value is -3.05. The number of benzene rings is 4. The summed E-state index contributed by atoms with van der Waals surface area (Å²) in [4.78, 5) is 9.06. The molecule has 1 heterocycles. The molecule has 0 aliphatic heterocycles. The van der Waals surface area contributed by atoms with Gasteiger partial charge in [-0.3, -0.25) is 4.99 Å². The van der Waals surface area contributed by atoms with Gasteiger partial charge in [0, 0.05) is 32.8 Å². The molecule has 1 aromatic heterocycles. The molecule has 0 saturated heterocycles. The number of oxazole rings is 1. The van der Waals surface area contributed by atoms with Crippen molar-refractivity contribution in [1.29, 1.82) is 0 Å². The van der Waals surface area contributed by atoms with Crippen molar-refractivity contribution < 1.29 is 9.52 Å². The van der Waals surface area contributed by atoms with E-state index in [9.17, 15) is 5.11 Å². The number of halogens is 3. The second kappa shape index (κ2) is 7.89. The zero-order valence-electron chi connectivity index (χ0n) is 15.8. The van der Waals surface area contributed by atoms with Crippen LogP contribution in [0.3, 0.4) is 0 Å². The maximum Gasteiger partial charge on any atom is 0.227 e. The summed E-state index contributed by atoms with van der Waals surface area (Å²) in [5.74, 6) is 0.428. The summed E-state index contributed by atoms with van der Waals surface area (Å²) in [6.07, 6.45) is 1.50. The highest BCUT2D eigenvalue weighted by molar-refractivity contribution is 6.36. The average molecular weight is 468 g/mol. The predicted octanol–water partition coefficient (Wildman–Crippen LogP) is 8.06. The van der Waals surface area contributed by atoms with Crippen molar-refractivity contribution in [2.45, 2.75) is 0 Å². The molecule has 152 valence electrons. The minimum atomic E-state index is -0.0748. The van der Waals surface area contributed by atoms with Crippen LogP contribution >= 0.6 is 34.8 Å². The molecule has 0 saturated carbocycles. The Bertz CT molecular complexity index is 1490. The summed E-state index contributed by atoms with van der Waals surface area (Å²) in [5, 5.41) is 13.3. The lowest BCUT2D eigenvalue weighted by molar-refractivity contribution is 0.475. The highest BCUT2D eigenvalue weighted by Gasteiger charge is 2.13. The van der Waals surface area contributed by atoms with Crippen LogP contribution in [-0.2, 0) is 0 Å². The molecular weight excluding hydrogens is 455 g/mol. The van der Waals surface area contributed by atoms with Gasteiger partial charge in [-0.05, 0) is 47.9 Å². The van der Waals surface area contributed by atoms with E-state index >= 15 is 0 Å².